The Labute approximate surface area is 131 Å². The quantitative estimate of drug-likeness (QED) is 0.469. The minimum Gasteiger partial charge on any atom is -0.390 e. The lowest BCUT2D eigenvalue weighted by Gasteiger charge is -2.40. The van der Waals surface area contributed by atoms with Crippen LogP contribution in [0.25, 0.3) is 20.9 Å². The largest absolute Gasteiger partial charge is 0.390 e. The lowest BCUT2D eigenvalue weighted by molar-refractivity contribution is -0.0985. The molecule has 2 rings (SSSR count). The molecule has 3 atom stereocenters. The first kappa shape index (κ1) is 16.6. The molecule has 2 N–H and O–H groups in total. The predicted octanol–water partition coefficient (Wildman–Crippen LogP) is 2.32. The molecule has 1 saturated carbocycles. The van der Waals surface area contributed by atoms with Gasteiger partial charge in [-0.2, -0.15) is 0 Å². The van der Waals surface area contributed by atoms with Crippen LogP contribution in [0.2, 0.25) is 0 Å². The van der Waals surface area contributed by atoms with Crippen molar-refractivity contribution in [3.05, 3.63) is 50.2 Å². The molecular formula is C13H15N7O3. The van der Waals surface area contributed by atoms with E-state index in [2.05, 4.69) is 25.4 Å². The maximum Gasteiger partial charge on any atom is 0.251 e. The summed E-state index contributed by atoms with van der Waals surface area (Å²) in [6, 6.07) is 4.24. The third-order valence-electron chi connectivity index (χ3n) is 3.58. The minimum atomic E-state index is -0.597. The zero-order chi connectivity index (χ0) is 16.8. The molecule has 0 bridgehead atoms. The van der Waals surface area contributed by atoms with Gasteiger partial charge in [0.2, 0.25) is 0 Å². The maximum atomic E-state index is 12.3. The van der Waals surface area contributed by atoms with Crippen molar-refractivity contribution in [3.8, 4) is 0 Å². The van der Waals surface area contributed by atoms with Gasteiger partial charge in [-0.15, -0.1) is 0 Å². The van der Waals surface area contributed by atoms with Gasteiger partial charge in [-0.05, 0) is 41.2 Å². The number of azide groups is 2. The van der Waals surface area contributed by atoms with Gasteiger partial charge >= 0.3 is 0 Å². The van der Waals surface area contributed by atoms with E-state index in [0.29, 0.717) is 12.0 Å². The summed E-state index contributed by atoms with van der Waals surface area (Å²) in [5.74, 6) is -0.388. The van der Waals surface area contributed by atoms with Gasteiger partial charge in [0.1, 0.15) is 6.10 Å². The molecule has 23 heavy (non-hydrogen) atoms. The number of amides is 1. The van der Waals surface area contributed by atoms with E-state index < -0.39 is 12.2 Å². The van der Waals surface area contributed by atoms with Gasteiger partial charge in [0.15, 0.2) is 0 Å². The minimum absolute atomic E-state index is 0.0361. The summed E-state index contributed by atoms with van der Waals surface area (Å²) in [6.07, 6.45) is -0.631. The fraction of sp³-hybridized carbons (Fsp3) is 0.462. The van der Waals surface area contributed by atoms with Crippen LogP contribution in [0.1, 0.15) is 22.3 Å². The van der Waals surface area contributed by atoms with Crippen LogP contribution in [0.15, 0.2) is 28.4 Å². The van der Waals surface area contributed by atoms with E-state index in [4.69, 9.17) is 15.8 Å². The number of nitrogens with zero attached hydrogens (tertiary/aromatic N) is 6. The monoisotopic (exact) mass is 317 g/mol. The van der Waals surface area contributed by atoms with E-state index in [1.54, 1.807) is 6.07 Å². The van der Waals surface area contributed by atoms with E-state index >= 15 is 0 Å². The average molecular weight is 317 g/mol. The molecule has 10 heteroatoms. The molecule has 0 radical (unpaired) electrons. The van der Waals surface area contributed by atoms with Crippen molar-refractivity contribution >= 4 is 11.6 Å². The van der Waals surface area contributed by atoms with Crippen molar-refractivity contribution in [1.82, 2.24) is 5.32 Å². The van der Waals surface area contributed by atoms with E-state index in [0.717, 1.165) is 0 Å². The maximum absolute atomic E-state index is 12.3. The molecule has 1 fully saturated rings. The molecule has 10 nitrogen and oxygen atoms in total. The van der Waals surface area contributed by atoms with Gasteiger partial charge in [-0.3, -0.25) is 4.79 Å². The van der Waals surface area contributed by atoms with Crippen LogP contribution < -0.4 is 5.32 Å². The first-order valence-electron chi connectivity index (χ1n) is 6.80. The summed E-state index contributed by atoms with van der Waals surface area (Å²) in [5, 5.41) is 19.2. The molecule has 1 aliphatic rings. The standard InChI is InChI=1S/C13H15N7O3/c1-23-12-10(5-11(12)21)17-13(22)8-2-7(6-16-19-14)3-9(4-8)18-20-15/h2-4,10-12,21H,5-6H2,1H3,(H,17,22)/t10?,11-,12-/m0/s1. The second-order valence-corrected chi connectivity index (χ2v) is 5.05. The SMILES string of the molecule is CO[C@H]1C(NC(=O)c2cc(CN=[N+]=[N-])cc(N=[N+]=[N-])c2)C[C@@H]1O. The first-order valence-corrected chi connectivity index (χ1v) is 6.80. The number of rotatable bonds is 6. The third-order valence-corrected chi connectivity index (χ3v) is 3.58. The Bertz CT molecular complexity index is 695. The summed E-state index contributed by atoms with van der Waals surface area (Å²) in [6.45, 7) is 0.0361. The second kappa shape index (κ2) is 7.48. The highest BCUT2D eigenvalue weighted by atomic mass is 16.5. The van der Waals surface area contributed by atoms with Crippen molar-refractivity contribution < 1.29 is 14.6 Å². The van der Waals surface area contributed by atoms with Crippen molar-refractivity contribution in [1.29, 1.82) is 0 Å². The molecule has 1 aromatic rings. The number of aliphatic hydroxyl groups is 1. The fourth-order valence-electron chi connectivity index (χ4n) is 2.43. The fourth-order valence-corrected chi connectivity index (χ4v) is 2.43. The van der Waals surface area contributed by atoms with E-state index in [-0.39, 0.29) is 29.7 Å². The molecule has 1 unspecified atom stereocenters. The van der Waals surface area contributed by atoms with Crippen LogP contribution in [0, 0.1) is 0 Å². The number of ether oxygens (including phenoxy) is 1. The lowest BCUT2D eigenvalue weighted by Crippen LogP contribution is -2.60. The Morgan fingerprint density at radius 2 is 2.22 bits per heavy atom. The summed E-state index contributed by atoms with van der Waals surface area (Å²) >= 11 is 0. The number of benzene rings is 1. The van der Waals surface area contributed by atoms with Gasteiger partial charge in [0.05, 0.1) is 18.7 Å². The predicted molar refractivity (Wildman–Crippen MR) is 80.8 cm³/mol. The summed E-state index contributed by atoms with van der Waals surface area (Å²) in [4.78, 5) is 17.7. The van der Waals surface area contributed by atoms with Crippen LogP contribution in [0.4, 0.5) is 5.69 Å². The number of aliphatic hydroxyl groups excluding tert-OH is 1. The van der Waals surface area contributed by atoms with Crippen LogP contribution >= 0.6 is 0 Å². The number of methoxy groups -OCH3 is 1. The molecule has 0 saturated heterocycles. The van der Waals surface area contributed by atoms with Crippen LogP contribution in [0.3, 0.4) is 0 Å². The van der Waals surface area contributed by atoms with Crippen LogP contribution in [-0.4, -0.2) is 36.4 Å². The Morgan fingerprint density at radius 3 is 2.83 bits per heavy atom. The summed E-state index contributed by atoms with van der Waals surface area (Å²) in [7, 11) is 1.46. The van der Waals surface area contributed by atoms with Crippen LogP contribution in [-0.2, 0) is 11.3 Å². The normalized spacial score (nSPS) is 22.3. The van der Waals surface area contributed by atoms with E-state index in [1.807, 2.05) is 0 Å². The van der Waals surface area contributed by atoms with E-state index in [1.165, 1.54) is 19.2 Å². The number of carbonyl (C=O) groups excluding carboxylic acids is 1. The molecule has 0 spiro atoms. The molecular weight excluding hydrogens is 302 g/mol. The molecule has 1 amide bonds. The smallest absolute Gasteiger partial charge is 0.251 e. The van der Waals surface area contributed by atoms with Crippen molar-refractivity contribution in [2.45, 2.75) is 31.2 Å². The first-order chi connectivity index (χ1) is 11.1. The zero-order valence-electron chi connectivity index (χ0n) is 12.3. The van der Waals surface area contributed by atoms with Gasteiger partial charge in [-0.25, -0.2) is 0 Å². The molecule has 1 aromatic carbocycles. The summed E-state index contributed by atoms with van der Waals surface area (Å²) < 4.78 is 5.10. The Morgan fingerprint density at radius 1 is 1.43 bits per heavy atom. The zero-order valence-corrected chi connectivity index (χ0v) is 12.3. The van der Waals surface area contributed by atoms with Crippen LogP contribution in [0.5, 0.6) is 0 Å². The number of hydrogen-bond donors (Lipinski definition) is 2. The van der Waals surface area contributed by atoms with Gasteiger partial charge < -0.3 is 15.2 Å². The van der Waals surface area contributed by atoms with Gasteiger partial charge in [0.25, 0.3) is 5.91 Å². The molecule has 1 aliphatic carbocycles. The molecule has 0 aliphatic heterocycles. The number of nitrogens with one attached hydrogen (secondary N) is 1. The average Bonchev–Trinajstić information content (AvgIpc) is 2.52. The van der Waals surface area contributed by atoms with Gasteiger partial charge in [-0.1, -0.05) is 10.2 Å². The van der Waals surface area contributed by atoms with Gasteiger partial charge in [0, 0.05) is 28.2 Å². The third kappa shape index (κ3) is 3.91. The van der Waals surface area contributed by atoms with Crippen molar-refractivity contribution in [3.63, 3.8) is 0 Å². The summed E-state index contributed by atoms with van der Waals surface area (Å²) in [5.41, 5.74) is 18.0. The molecule has 120 valence electrons. The lowest BCUT2D eigenvalue weighted by atomic mass is 9.85. The number of hydrogen-bond acceptors (Lipinski definition) is 5. The highest BCUT2D eigenvalue weighted by Gasteiger charge is 2.41. The topological polar surface area (TPSA) is 156 Å². The highest BCUT2D eigenvalue weighted by Crippen LogP contribution is 2.25. The Hall–Kier alpha value is -2.77. The van der Waals surface area contributed by atoms with Crippen molar-refractivity contribution in [2.75, 3.05) is 7.11 Å². The molecule has 0 heterocycles. The Kier molecular flexibility index (Phi) is 5.40. The number of carbonyl (C=O) groups is 1. The Balaban J connectivity index is 2.19. The highest BCUT2D eigenvalue weighted by molar-refractivity contribution is 5.95. The van der Waals surface area contributed by atoms with E-state index in [9.17, 15) is 9.90 Å². The molecule has 0 aromatic heterocycles. The second-order valence-electron chi connectivity index (χ2n) is 5.05. The van der Waals surface area contributed by atoms with Crippen molar-refractivity contribution in [2.24, 2.45) is 10.2 Å².